The van der Waals surface area contributed by atoms with Crippen molar-refractivity contribution in [1.29, 1.82) is 0 Å². The van der Waals surface area contributed by atoms with Crippen molar-refractivity contribution in [3.05, 3.63) is 47.0 Å². The van der Waals surface area contributed by atoms with Crippen LogP contribution in [0.4, 0.5) is 10.1 Å². The number of nitrogens with zero attached hydrogens (tertiary/aromatic N) is 1. The maximum atomic E-state index is 13.7. The Hall–Kier alpha value is -1.57. The minimum atomic E-state index is -3.94. The topological polar surface area (TPSA) is 71.3 Å². The van der Waals surface area contributed by atoms with E-state index in [9.17, 15) is 12.8 Å². The van der Waals surface area contributed by atoms with Crippen molar-refractivity contribution in [2.75, 3.05) is 4.72 Å². The molecule has 0 spiro atoms. The van der Waals surface area contributed by atoms with Crippen molar-refractivity contribution >= 4 is 27.3 Å². The number of hydrogen-bond donors (Lipinski definition) is 2. The van der Waals surface area contributed by atoms with E-state index in [4.69, 9.17) is 16.7 Å². The first-order valence-electron chi connectivity index (χ1n) is 5.58. The van der Waals surface area contributed by atoms with Gasteiger partial charge in [-0.25, -0.2) is 12.8 Å². The summed E-state index contributed by atoms with van der Waals surface area (Å²) in [6.07, 6.45) is 1.33. The summed E-state index contributed by atoms with van der Waals surface area (Å²) in [5.74, 6) is -0.837. The van der Waals surface area contributed by atoms with Crippen LogP contribution in [0.15, 0.2) is 35.4 Å². The molecule has 20 heavy (non-hydrogen) atoms. The van der Waals surface area contributed by atoms with Gasteiger partial charge in [0.1, 0.15) is 4.90 Å². The largest absolute Gasteiger partial charge is 0.390 e. The molecule has 0 aliphatic rings. The fourth-order valence-electron chi connectivity index (χ4n) is 1.67. The number of sulfonamides is 1. The number of aromatic nitrogens is 1. The van der Waals surface area contributed by atoms with Gasteiger partial charge in [0.15, 0.2) is 5.82 Å². The minimum absolute atomic E-state index is 0.0663. The summed E-state index contributed by atoms with van der Waals surface area (Å²) in [6, 6.07) is 5.34. The fraction of sp³-hybridized carbons (Fsp3) is 0.167. The second-order valence-electron chi connectivity index (χ2n) is 4.14. The van der Waals surface area contributed by atoms with Crippen molar-refractivity contribution in [2.24, 2.45) is 7.05 Å². The molecule has 0 saturated carbocycles. The van der Waals surface area contributed by atoms with Crippen LogP contribution in [0.25, 0.3) is 0 Å². The van der Waals surface area contributed by atoms with Gasteiger partial charge >= 0.3 is 0 Å². The van der Waals surface area contributed by atoms with Crippen LogP contribution >= 0.6 is 11.6 Å². The van der Waals surface area contributed by atoms with Crippen molar-refractivity contribution < 1.29 is 17.9 Å². The third-order valence-electron chi connectivity index (χ3n) is 2.75. The molecule has 2 rings (SSSR count). The summed E-state index contributed by atoms with van der Waals surface area (Å²) in [5, 5.41) is 8.88. The van der Waals surface area contributed by atoms with Crippen LogP contribution in [0.3, 0.4) is 0 Å². The maximum Gasteiger partial charge on any atom is 0.263 e. The Morgan fingerprint density at radius 2 is 2.15 bits per heavy atom. The van der Waals surface area contributed by atoms with Gasteiger partial charge in [-0.2, -0.15) is 0 Å². The van der Waals surface area contributed by atoms with Crippen LogP contribution in [0.1, 0.15) is 5.69 Å². The highest BCUT2D eigenvalue weighted by molar-refractivity contribution is 7.92. The average Bonchev–Trinajstić information content (AvgIpc) is 2.77. The molecule has 2 aromatic rings. The van der Waals surface area contributed by atoms with E-state index in [0.29, 0.717) is 5.69 Å². The highest BCUT2D eigenvalue weighted by atomic mass is 35.5. The average molecular weight is 319 g/mol. The van der Waals surface area contributed by atoms with E-state index in [0.717, 1.165) is 0 Å². The molecule has 1 aromatic heterocycles. The van der Waals surface area contributed by atoms with Gasteiger partial charge in [-0.15, -0.1) is 0 Å². The van der Waals surface area contributed by atoms with E-state index < -0.39 is 15.8 Å². The number of aryl methyl sites for hydroxylation is 1. The zero-order valence-electron chi connectivity index (χ0n) is 10.5. The Labute approximate surface area is 120 Å². The lowest BCUT2D eigenvalue weighted by Crippen LogP contribution is -2.13. The molecule has 2 N–H and O–H groups in total. The van der Waals surface area contributed by atoms with Crippen LogP contribution in [0, 0.1) is 5.82 Å². The summed E-state index contributed by atoms with van der Waals surface area (Å²) in [5.41, 5.74) is 0.198. The number of aliphatic hydroxyl groups is 1. The highest BCUT2D eigenvalue weighted by Gasteiger charge is 2.19. The van der Waals surface area contributed by atoms with E-state index in [-0.39, 0.29) is 22.2 Å². The van der Waals surface area contributed by atoms with Gasteiger partial charge in [0.2, 0.25) is 0 Å². The van der Waals surface area contributed by atoms with Crippen LogP contribution in [-0.4, -0.2) is 18.1 Å². The molecular formula is C12H12ClFN2O3S. The molecule has 0 unspecified atom stereocenters. The van der Waals surface area contributed by atoms with Gasteiger partial charge in [-0.1, -0.05) is 17.7 Å². The molecule has 0 aliphatic carbocycles. The molecule has 0 saturated heterocycles. The van der Waals surface area contributed by atoms with Crippen LogP contribution in [-0.2, 0) is 23.7 Å². The lowest BCUT2D eigenvalue weighted by atomic mass is 10.3. The molecule has 0 aliphatic heterocycles. The highest BCUT2D eigenvalue weighted by Crippen LogP contribution is 2.25. The third-order valence-corrected chi connectivity index (χ3v) is 4.38. The zero-order chi connectivity index (χ0) is 14.9. The van der Waals surface area contributed by atoms with Gasteiger partial charge in [0, 0.05) is 18.9 Å². The first kappa shape index (κ1) is 14.8. The van der Waals surface area contributed by atoms with E-state index in [1.165, 1.54) is 35.0 Å². The normalized spacial score (nSPS) is 11.6. The number of hydrogen-bond acceptors (Lipinski definition) is 3. The molecule has 8 heteroatoms. The standard InChI is InChI=1S/C12H12ClFN2O3S/c1-16-6-9(5-8(16)7-17)20(18,19)15-11-4-2-3-10(13)12(11)14/h2-6,15,17H,7H2,1H3. The molecule has 108 valence electrons. The molecule has 1 heterocycles. The van der Waals surface area contributed by atoms with Gasteiger partial charge in [-0.05, 0) is 18.2 Å². The van der Waals surface area contributed by atoms with Gasteiger partial charge < -0.3 is 9.67 Å². The second-order valence-corrected chi connectivity index (χ2v) is 6.23. The molecule has 1 aromatic carbocycles. The van der Waals surface area contributed by atoms with E-state index >= 15 is 0 Å². The van der Waals surface area contributed by atoms with Gasteiger partial charge in [0.05, 0.1) is 17.3 Å². The van der Waals surface area contributed by atoms with E-state index in [1.54, 1.807) is 7.05 Å². The van der Waals surface area contributed by atoms with Crippen molar-refractivity contribution in [3.63, 3.8) is 0 Å². The Morgan fingerprint density at radius 1 is 1.45 bits per heavy atom. The number of anilines is 1. The summed E-state index contributed by atoms with van der Waals surface area (Å²) in [7, 11) is -2.34. The predicted molar refractivity (Wildman–Crippen MR) is 73.6 cm³/mol. The maximum absolute atomic E-state index is 13.7. The van der Waals surface area contributed by atoms with Gasteiger partial charge in [-0.3, -0.25) is 4.72 Å². The summed E-state index contributed by atoms with van der Waals surface area (Å²) in [6.45, 7) is -0.294. The van der Waals surface area contributed by atoms with Crippen LogP contribution in [0.2, 0.25) is 5.02 Å². The fourth-order valence-corrected chi connectivity index (χ4v) is 3.00. The lowest BCUT2D eigenvalue weighted by molar-refractivity contribution is 0.272. The molecule has 0 bridgehead atoms. The van der Waals surface area contributed by atoms with Crippen molar-refractivity contribution in [2.45, 2.75) is 11.5 Å². The Kier molecular flexibility index (Phi) is 4.03. The summed E-state index contributed by atoms with van der Waals surface area (Å²) >= 11 is 5.59. The molecule has 0 amide bonds. The summed E-state index contributed by atoms with van der Waals surface area (Å²) < 4.78 is 41.6. The number of rotatable bonds is 4. The Morgan fingerprint density at radius 3 is 2.75 bits per heavy atom. The van der Waals surface area contributed by atoms with E-state index in [2.05, 4.69) is 4.72 Å². The smallest absolute Gasteiger partial charge is 0.263 e. The second kappa shape index (κ2) is 5.43. The first-order chi connectivity index (χ1) is 9.35. The number of benzene rings is 1. The zero-order valence-corrected chi connectivity index (χ0v) is 12.0. The molecular weight excluding hydrogens is 307 g/mol. The quantitative estimate of drug-likeness (QED) is 0.907. The van der Waals surface area contributed by atoms with Crippen molar-refractivity contribution in [1.82, 2.24) is 4.57 Å². The monoisotopic (exact) mass is 318 g/mol. The van der Waals surface area contributed by atoms with Gasteiger partial charge in [0.25, 0.3) is 10.0 Å². The Bertz CT molecular complexity index is 743. The van der Waals surface area contributed by atoms with Crippen molar-refractivity contribution in [3.8, 4) is 0 Å². The molecule has 0 atom stereocenters. The van der Waals surface area contributed by atoms with Crippen LogP contribution < -0.4 is 4.72 Å². The third kappa shape index (κ3) is 2.79. The first-order valence-corrected chi connectivity index (χ1v) is 7.44. The number of halogens is 2. The lowest BCUT2D eigenvalue weighted by Gasteiger charge is -2.08. The molecule has 0 fully saturated rings. The van der Waals surface area contributed by atoms with Crippen LogP contribution in [0.5, 0.6) is 0 Å². The molecule has 0 radical (unpaired) electrons. The number of aliphatic hydroxyl groups excluding tert-OH is 1. The minimum Gasteiger partial charge on any atom is -0.390 e. The summed E-state index contributed by atoms with van der Waals surface area (Å²) in [4.78, 5) is -0.0663. The predicted octanol–water partition coefficient (Wildman–Crippen LogP) is 2.11. The SMILES string of the molecule is Cn1cc(S(=O)(=O)Nc2cccc(Cl)c2F)cc1CO. The molecule has 5 nitrogen and oxygen atoms in total. The number of nitrogens with one attached hydrogen (secondary N) is 1. The van der Waals surface area contributed by atoms with E-state index in [1.807, 2.05) is 0 Å². The Balaban J connectivity index is 2.38.